The van der Waals surface area contributed by atoms with Crippen LogP contribution in [-0.2, 0) is 19.2 Å². The lowest BCUT2D eigenvalue weighted by Crippen LogP contribution is -2.08. The first-order chi connectivity index (χ1) is 9.44. The van der Waals surface area contributed by atoms with Crippen LogP contribution in [0.4, 0.5) is 13.2 Å². The molecule has 0 unspecified atom stereocenters. The molecule has 2 aromatic heterocycles. The highest BCUT2D eigenvalue weighted by molar-refractivity contribution is 5.30. The first kappa shape index (κ1) is 14.5. The number of aliphatic hydroxyl groups excluding tert-OH is 1. The number of aryl methyl sites for hydroxylation is 1. The second kappa shape index (κ2) is 5.62. The van der Waals surface area contributed by atoms with Gasteiger partial charge in [0, 0.05) is 11.9 Å². The molecule has 0 aliphatic rings. The number of nitrogens with zero attached hydrogens (tertiary/aromatic N) is 3. The summed E-state index contributed by atoms with van der Waals surface area (Å²) in [7, 11) is 0. The molecule has 0 saturated carbocycles. The summed E-state index contributed by atoms with van der Waals surface area (Å²) >= 11 is 0. The Morgan fingerprint density at radius 2 is 2.05 bits per heavy atom. The van der Waals surface area contributed by atoms with E-state index < -0.39 is 11.9 Å². The molecule has 0 radical (unpaired) electrons. The molecule has 0 bridgehead atoms. The van der Waals surface area contributed by atoms with Crippen LogP contribution >= 0.6 is 0 Å². The second-order valence-corrected chi connectivity index (χ2v) is 4.38. The molecule has 0 aliphatic heterocycles. The molecular formula is C13H14F3N3O. The molecule has 0 amide bonds. The fourth-order valence-corrected chi connectivity index (χ4v) is 1.83. The van der Waals surface area contributed by atoms with E-state index in [-0.39, 0.29) is 12.4 Å². The van der Waals surface area contributed by atoms with Gasteiger partial charge in [0.2, 0.25) is 0 Å². The third-order valence-electron chi connectivity index (χ3n) is 2.73. The van der Waals surface area contributed by atoms with Crippen molar-refractivity contribution in [2.24, 2.45) is 0 Å². The summed E-state index contributed by atoms with van der Waals surface area (Å²) in [5, 5.41) is 12.7. The van der Waals surface area contributed by atoms with Crippen LogP contribution in [0.2, 0.25) is 0 Å². The van der Waals surface area contributed by atoms with Crippen LogP contribution in [0.5, 0.6) is 0 Å². The van der Waals surface area contributed by atoms with Gasteiger partial charge in [0.05, 0.1) is 6.61 Å². The largest absolute Gasteiger partial charge is 0.435 e. The molecule has 2 heterocycles. The van der Waals surface area contributed by atoms with E-state index in [9.17, 15) is 18.3 Å². The Labute approximate surface area is 113 Å². The molecule has 2 aromatic rings. The molecule has 0 fully saturated rings. The van der Waals surface area contributed by atoms with Crippen molar-refractivity contribution in [1.29, 1.82) is 0 Å². The van der Waals surface area contributed by atoms with Crippen LogP contribution in [-0.4, -0.2) is 19.9 Å². The number of rotatable bonds is 4. The third kappa shape index (κ3) is 3.16. The van der Waals surface area contributed by atoms with Gasteiger partial charge in [0.25, 0.3) is 0 Å². The minimum Gasteiger partial charge on any atom is -0.392 e. The van der Waals surface area contributed by atoms with Gasteiger partial charge in [0.1, 0.15) is 0 Å². The lowest BCUT2D eigenvalue weighted by atomic mass is 10.1. The summed E-state index contributed by atoms with van der Waals surface area (Å²) in [5.41, 5.74) is 0.353. The molecule has 0 saturated heterocycles. The third-order valence-corrected chi connectivity index (χ3v) is 2.73. The molecule has 0 spiro atoms. The van der Waals surface area contributed by atoms with Gasteiger partial charge in [-0.25, -0.2) is 9.67 Å². The van der Waals surface area contributed by atoms with Gasteiger partial charge in [0.15, 0.2) is 11.5 Å². The van der Waals surface area contributed by atoms with E-state index in [0.717, 1.165) is 22.9 Å². The summed E-state index contributed by atoms with van der Waals surface area (Å²) in [5.74, 6) is 0.274. The molecule has 108 valence electrons. The van der Waals surface area contributed by atoms with E-state index in [1.807, 2.05) is 6.92 Å². The van der Waals surface area contributed by atoms with Crippen LogP contribution in [0.3, 0.4) is 0 Å². The molecule has 20 heavy (non-hydrogen) atoms. The number of aromatic nitrogens is 3. The van der Waals surface area contributed by atoms with Gasteiger partial charge in [-0.05, 0) is 30.2 Å². The number of alkyl halides is 3. The quantitative estimate of drug-likeness (QED) is 0.939. The molecule has 2 rings (SSSR count). The SMILES string of the molecule is CCCc1cc(CO)cc(-n2ccc(C(F)(F)F)n2)n1. The van der Waals surface area contributed by atoms with E-state index in [4.69, 9.17) is 0 Å². The first-order valence-corrected chi connectivity index (χ1v) is 6.18. The van der Waals surface area contributed by atoms with Crippen molar-refractivity contribution in [1.82, 2.24) is 14.8 Å². The standard InChI is InChI=1S/C13H14F3N3O/c1-2-3-10-6-9(8-20)7-12(17-10)19-5-4-11(18-19)13(14,15)16/h4-7,20H,2-3,8H2,1H3. The zero-order valence-electron chi connectivity index (χ0n) is 10.9. The van der Waals surface area contributed by atoms with Gasteiger partial charge in [-0.1, -0.05) is 13.3 Å². The molecule has 0 atom stereocenters. The van der Waals surface area contributed by atoms with Crippen LogP contribution in [0.25, 0.3) is 5.82 Å². The van der Waals surface area contributed by atoms with Crippen molar-refractivity contribution in [3.05, 3.63) is 41.3 Å². The average Bonchev–Trinajstić information content (AvgIpc) is 2.88. The van der Waals surface area contributed by atoms with Crippen molar-refractivity contribution in [2.75, 3.05) is 0 Å². The van der Waals surface area contributed by atoms with Crippen LogP contribution in [0, 0.1) is 0 Å². The summed E-state index contributed by atoms with van der Waals surface area (Å²) in [4.78, 5) is 4.26. The number of aliphatic hydroxyl groups is 1. The highest BCUT2D eigenvalue weighted by atomic mass is 19.4. The van der Waals surface area contributed by atoms with Gasteiger partial charge in [-0.15, -0.1) is 0 Å². The average molecular weight is 285 g/mol. The van der Waals surface area contributed by atoms with Gasteiger partial charge in [-0.3, -0.25) is 0 Å². The summed E-state index contributed by atoms with van der Waals surface area (Å²) in [6.07, 6.45) is -1.73. The topological polar surface area (TPSA) is 50.9 Å². The lowest BCUT2D eigenvalue weighted by Gasteiger charge is -2.07. The van der Waals surface area contributed by atoms with Gasteiger partial charge in [-0.2, -0.15) is 18.3 Å². The van der Waals surface area contributed by atoms with E-state index in [0.29, 0.717) is 12.0 Å². The maximum atomic E-state index is 12.5. The highest BCUT2D eigenvalue weighted by Crippen LogP contribution is 2.27. The Kier molecular flexibility index (Phi) is 4.08. The number of hydrogen-bond donors (Lipinski definition) is 1. The number of pyridine rings is 1. The van der Waals surface area contributed by atoms with Crippen LogP contribution in [0.15, 0.2) is 24.4 Å². The molecule has 4 nitrogen and oxygen atoms in total. The zero-order chi connectivity index (χ0) is 14.8. The van der Waals surface area contributed by atoms with Crippen LogP contribution < -0.4 is 0 Å². The van der Waals surface area contributed by atoms with Crippen molar-refractivity contribution in [2.45, 2.75) is 32.5 Å². The Balaban J connectivity index is 2.41. The van der Waals surface area contributed by atoms with Crippen molar-refractivity contribution in [3.63, 3.8) is 0 Å². The second-order valence-electron chi connectivity index (χ2n) is 4.38. The lowest BCUT2D eigenvalue weighted by molar-refractivity contribution is -0.141. The zero-order valence-corrected chi connectivity index (χ0v) is 10.9. The van der Waals surface area contributed by atoms with Gasteiger partial charge < -0.3 is 5.11 Å². The van der Waals surface area contributed by atoms with Crippen molar-refractivity contribution < 1.29 is 18.3 Å². The van der Waals surface area contributed by atoms with Gasteiger partial charge >= 0.3 is 6.18 Å². The summed E-state index contributed by atoms with van der Waals surface area (Å²) < 4.78 is 38.6. The molecule has 7 heteroatoms. The number of halogens is 3. The Hall–Kier alpha value is -1.89. The maximum absolute atomic E-state index is 12.5. The monoisotopic (exact) mass is 285 g/mol. The predicted molar refractivity (Wildman–Crippen MR) is 66.3 cm³/mol. The number of hydrogen-bond acceptors (Lipinski definition) is 3. The first-order valence-electron chi connectivity index (χ1n) is 6.18. The molecule has 1 N–H and O–H groups in total. The van der Waals surface area contributed by atoms with Crippen molar-refractivity contribution in [3.8, 4) is 5.82 Å². The van der Waals surface area contributed by atoms with E-state index in [1.54, 1.807) is 6.07 Å². The Morgan fingerprint density at radius 3 is 2.60 bits per heavy atom. The van der Waals surface area contributed by atoms with E-state index in [1.165, 1.54) is 12.3 Å². The fourth-order valence-electron chi connectivity index (χ4n) is 1.83. The van der Waals surface area contributed by atoms with Crippen LogP contribution in [0.1, 0.15) is 30.3 Å². The minimum absolute atomic E-state index is 0.195. The maximum Gasteiger partial charge on any atom is 0.435 e. The van der Waals surface area contributed by atoms with Crippen molar-refractivity contribution >= 4 is 0 Å². The normalized spacial score (nSPS) is 11.8. The smallest absolute Gasteiger partial charge is 0.392 e. The highest BCUT2D eigenvalue weighted by Gasteiger charge is 2.33. The van der Waals surface area contributed by atoms with E-state index >= 15 is 0 Å². The summed E-state index contributed by atoms with van der Waals surface area (Å²) in [6.45, 7) is 1.78. The minimum atomic E-state index is -4.48. The molecular weight excluding hydrogens is 271 g/mol. The summed E-state index contributed by atoms with van der Waals surface area (Å²) in [6, 6.07) is 4.15. The Morgan fingerprint density at radius 1 is 1.30 bits per heavy atom. The van der Waals surface area contributed by atoms with E-state index in [2.05, 4.69) is 10.1 Å². The fraction of sp³-hybridized carbons (Fsp3) is 0.385. The molecule has 0 aromatic carbocycles. The molecule has 0 aliphatic carbocycles. The predicted octanol–water partition coefficient (Wildman–Crippen LogP) is 2.73. The Bertz CT molecular complexity index is 593.